The van der Waals surface area contributed by atoms with Gasteiger partial charge in [-0.3, -0.25) is 0 Å². The molecule has 2 heteroatoms. The van der Waals surface area contributed by atoms with Crippen LogP contribution in [0.4, 0.5) is 0 Å². The van der Waals surface area contributed by atoms with E-state index >= 15 is 0 Å². The smallest absolute Gasteiger partial charge is 0.101 e. The quantitative estimate of drug-likeness (QED) is 0.610. The van der Waals surface area contributed by atoms with E-state index in [1.165, 1.54) is 0 Å². The Hall–Kier alpha value is -1.51. The molecular formula is C16H16OS. The summed E-state index contributed by atoms with van der Waals surface area (Å²) in [6.07, 6.45) is 8.52. The summed E-state index contributed by atoms with van der Waals surface area (Å²) in [5, 5.41) is 0. The van der Waals surface area contributed by atoms with E-state index in [-0.39, 0.29) is 6.10 Å². The van der Waals surface area contributed by atoms with Gasteiger partial charge in [-0.05, 0) is 35.2 Å². The lowest BCUT2D eigenvalue weighted by Gasteiger charge is -2.20. The lowest BCUT2D eigenvalue weighted by Crippen LogP contribution is -2.05. The summed E-state index contributed by atoms with van der Waals surface area (Å²) in [7, 11) is 0. The van der Waals surface area contributed by atoms with Gasteiger partial charge < -0.3 is 4.18 Å². The lowest BCUT2D eigenvalue weighted by molar-refractivity contribution is 0.254. The van der Waals surface area contributed by atoms with Gasteiger partial charge in [0.05, 0.1) is 0 Å². The molecule has 0 fully saturated rings. The number of allylic oxidation sites excluding steroid dienone is 4. The molecule has 1 aromatic rings. The predicted molar refractivity (Wildman–Crippen MR) is 80.3 cm³/mol. The van der Waals surface area contributed by atoms with Gasteiger partial charge >= 0.3 is 0 Å². The average molecular weight is 256 g/mol. The number of hydrogen-bond acceptors (Lipinski definition) is 2. The molecular weight excluding hydrogens is 240 g/mol. The van der Waals surface area contributed by atoms with Crippen molar-refractivity contribution in [1.82, 2.24) is 0 Å². The highest BCUT2D eigenvalue weighted by Crippen LogP contribution is 2.33. The van der Waals surface area contributed by atoms with Crippen LogP contribution in [0.1, 0.15) is 23.7 Å². The van der Waals surface area contributed by atoms with E-state index in [9.17, 15) is 0 Å². The second-order valence-electron chi connectivity index (χ2n) is 4.15. The van der Waals surface area contributed by atoms with E-state index in [1.54, 1.807) is 0 Å². The SMILES string of the molecule is C=CC1=C(\C=C)CC(OS)c2ccccc2/C=C\1. The second kappa shape index (κ2) is 5.89. The highest BCUT2D eigenvalue weighted by molar-refractivity contribution is 7.75. The van der Waals surface area contributed by atoms with Crippen molar-refractivity contribution in [2.75, 3.05) is 0 Å². The summed E-state index contributed by atoms with van der Waals surface area (Å²) in [5.41, 5.74) is 4.50. The average Bonchev–Trinajstić information content (AvgIpc) is 2.40. The minimum atomic E-state index is -0.0718. The van der Waals surface area contributed by atoms with Gasteiger partial charge in [-0.1, -0.05) is 61.7 Å². The fraction of sp³-hybridized carbons (Fsp3) is 0.125. The van der Waals surface area contributed by atoms with Crippen LogP contribution in [0.15, 0.2) is 66.8 Å². The fourth-order valence-corrected chi connectivity index (χ4v) is 2.35. The number of fused-ring (bicyclic) bond motifs is 1. The van der Waals surface area contributed by atoms with Crippen LogP contribution in [0.25, 0.3) is 6.08 Å². The fourth-order valence-electron chi connectivity index (χ4n) is 2.16. The maximum Gasteiger partial charge on any atom is 0.101 e. The molecule has 0 saturated heterocycles. The first-order chi connectivity index (χ1) is 8.80. The molecule has 0 aromatic heterocycles. The van der Waals surface area contributed by atoms with Crippen LogP contribution in [0.5, 0.6) is 0 Å². The third kappa shape index (κ3) is 2.50. The Kier molecular flexibility index (Phi) is 4.24. The molecule has 0 N–H and O–H groups in total. The molecule has 92 valence electrons. The molecule has 0 spiro atoms. The monoisotopic (exact) mass is 256 g/mol. The van der Waals surface area contributed by atoms with E-state index in [0.717, 1.165) is 28.7 Å². The van der Waals surface area contributed by atoms with Gasteiger partial charge in [-0.25, -0.2) is 0 Å². The zero-order chi connectivity index (χ0) is 13.0. The van der Waals surface area contributed by atoms with Gasteiger partial charge in [0, 0.05) is 6.42 Å². The molecule has 0 saturated carbocycles. The van der Waals surface area contributed by atoms with E-state index in [1.807, 2.05) is 24.3 Å². The van der Waals surface area contributed by atoms with Crippen molar-refractivity contribution < 1.29 is 4.18 Å². The number of thiol groups is 1. The van der Waals surface area contributed by atoms with Gasteiger partial charge in [-0.15, -0.1) is 0 Å². The standard InChI is InChI=1S/C16H16OS/c1-3-12-9-10-14-7-5-6-8-15(14)16(17-18)11-13(12)4-2/h3-10,16,18H,1-2,11H2/b10-9-,13-12-. The molecule has 0 bridgehead atoms. The van der Waals surface area contributed by atoms with Gasteiger partial charge in [0.1, 0.15) is 6.10 Å². The van der Waals surface area contributed by atoms with Gasteiger partial charge in [-0.2, -0.15) is 0 Å². The van der Waals surface area contributed by atoms with Crippen LogP contribution >= 0.6 is 12.9 Å². The zero-order valence-electron chi connectivity index (χ0n) is 10.2. The normalized spacial score (nSPS) is 24.6. The highest BCUT2D eigenvalue weighted by Gasteiger charge is 2.17. The molecule has 0 aliphatic heterocycles. The first-order valence-electron chi connectivity index (χ1n) is 5.85. The van der Waals surface area contributed by atoms with Crippen molar-refractivity contribution in [3.8, 4) is 0 Å². The Bertz CT molecular complexity index is 526. The lowest BCUT2D eigenvalue weighted by atomic mass is 9.91. The van der Waals surface area contributed by atoms with Crippen molar-refractivity contribution >= 4 is 19.0 Å². The van der Waals surface area contributed by atoms with Crippen molar-refractivity contribution in [3.63, 3.8) is 0 Å². The molecule has 1 aliphatic carbocycles. The number of benzene rings is 1. The van der Waals surface area contributed by atoms with Crippen LogP contribution in [0.3, 0.4) is 0 Å². The molecule has 1 aliphatic rings. The highest BCUT2D eigenvalue weighted by atomic mass is 32.1. The third-order valence-corrected chi connectivity index (χ3v) is 3.41. The summed E-state index contributed by atoms with van der Waals surface area (Å²) in [6, 6.07) is 8.18. The largest absolute Gasteiger partial charge is 0.310 e. The molecule has 1 aromatic carbocycles. The molecule has 18 heavy (non-hydrogen) atoms. The minimum absolute atomic E-state index is 0.0718. The Morgan fingerprint density at radius 2 is 1.94 bits per heavy atom. The number of hydrogen-bond donors (Lipinski definition) is 1. The Balaban J connectivity index is 2.56. The van der Waals surface area contributed by atoms with E-state index in [2.05, 4.69) is 50.4 Å². The summed E-state index contributed by atoms with van der Waals surface area (Å²) in [6.45, 7) is 7.70. The summed E-state index contributed by atoms with van der Waals surface area (Å²) in [4.78, 5) is 0. The van der Waals surface area contributed by atoms with Crippen LogP contribution in [-0.4, -0.2) is 0 Å². The predicted octanol–water partition coefficient (Wildman–Crippen LogP) is 4.67. The zero-order valence-corrected chi connectivity index (χ0v) is 11.1. The number of rotatable bonds is 3. The van der Waals surface area contributed by atoms with Gasteiger partial charge in [0.15, 0.2) is 0 Å². The maximum atomic E-state index is 5.32. The van der Waals surface area contributed by atoms with E-state index in [4.69, 9.17) is 4.18 Å². The Labute approximate surface area is 114 Å². The van der Waals surface area contributed by atoms with E-state index in [0.29, 0.717) is 0 Å². The molecule has 1 unspecified atom stereocenters. The van der Waals surface area contributed by atoms with Gasteiger partial charge in [0.2, 0.25) is 0 Å². The van der Waals surface area contributed by atoms with Crippen molar-refractivity contribution in [2.45, 2.75) is 12.5 Å². The summed E-state index contributed by atoms with van der Waals surface area (Å²) >= 11 is 4.00. The molecule has 0 radical (unpaired) electrons. The minimum Gasteiger partial charge on any atom is -0.310 e. The Morgan fingerprint density at radius 3 is 2.61 bits per heavy atom. The molecule has 2 rings (SSSR count). The van der Waals surface area contributed by atoms with Crippen molar-refractivity contribution in [2.24, 2.45) is 0 Å². The van der Waals surface area contributed by atoms with Crippen LogP contribution < -0.4 is 0 Å². The molecule has 0 amide bonds. The van der Waals surface area contributed by atoms with E-state index < -0.39 is 0 Å². The van der Waals surface area contributed by atoms with Crippen LogP contribution in [0.2, 0.25) is 0 Å². The van der Waals surface area contributed by atoms with Gasteiger partial charge in [0.25, 0.3) is 0 Å². The second-order valence-corrected chi connectivity index (χ2v) is 4.36. The van der Waals surface area contributed by atoms with Crippen LogP contribution in [0, 0.1) is 0 Å². The maximum absolute atomic E-state index is 5.32. The first-order valence-corrected chi connectivity index (χ1v) is 6.22. The summed E-state index contributed by atoms with van der Waals surface area (Å²) < 4.78 is 5.32. The van der Waals surface area contributed by atoms with Crippen LogP contribution in [-0.2, 0) is 4.18 Å². The van der Waals surface area contributed by atoms with Crippen molar-refractivity contribution in [1.29, 1.82) is 0 Å². The first kappa shape index (κ1) is 12.9. The third-order valence-electron chi connectivity index (χ3n) is 3.15. The molecule has 1 atom stereocenters. The Morgan fingerprint density at radius 1 is 1.17 bits per heavy atom. The van der Waals surface area contributed by atoms with Crippen molar-refractivity contribution in [3.05, 3.63) is 77.9 Å². The summed E-state index contributed by atoms with van der Waals surface area (Å²) in [5.74, 6) is 0. The topological polar surface area (TPSA) is 9.23 Å². The molecule has 1 nitrogen and oxygen atoms in total. The molecule has 0 heterocycles.